The van der Waals surface area contributed by atoms with Gasteiger partial charge in [-0.2, -0.15) is 10.1 Å². The summed E-state index contributed by atoms with van der Waals surface area (Å²) in [5.41, 5.74) is 4.07. The van der Waals surface area contributed by atoms with Crippen molar-refractivity contribution in [2.75, 3.05) is 17.2 Å². The molecule has 4 rings (SSSR count). The molecule has 7 nitrogen and oxygen atoms in total. The Bertz CT molecular complexity index is 1070. The number of para-hydroxylation sites is 2. The Balaban J connectivity index is 1.74. The summed E-state index contributed by atoms with van der Waals surface area (Å²) in [6, 6.07) is 15.1. The van der Waals surface area contributed by atoms with Crippen LogP contribution in [0.2, 0.25) is 0 Å². The molecule has 1 atom stereocenters. The van der Waals surface area contributed by atoms with Crippen molar-refractivity contribution in [3.8, 4) is 5.75 Å². The summed E-state index contributed by atoms with van der Waals surface area (Å²) in [5.74, 6) is 1.03. The third kappa shape index (κ3) is 3.59. The highest BCUT2D eigenvalue weighted by Gasteiger charge is 2.33. The number of rotatable bonds is 5. The van der Waals surface area contributed by atoms with Gasteiger partial charge in [-0.3, -0.25) is 4.79 Å². The van der Waals surface area contributed by atoms with Crippen molar-refractivity contribution < 1.29 is 9.53 Å². The van der Waals surface area contributed by atoms with Crippen LogP contribution in [0.3, 0.4) is 0 Å². The SMILES string of the molecule is CCOc1ccccc1NC(=O)C1=C(C)Nc2ncnn2[C@H]1c1ccc(C)cc1. The molecule has 0 radical (unpaired) electrons. The number of aromatic nitrogens is 3. The first-order chi connectivity index (χ1) is 14.1. The monoisotopic (exact) mass is 389 g/mol. The zero-order chi connectivity index (χ0) is 20.4. The lowest BCUT2D eigenvalue weighted by Gasteiger charge is -2.29. The highest BCUT2D eigenvalue weighted by Crippen LogP contribution is 2.36. The van der Waals surface area contributed by atoms with Gasteiger partial charge in [0.1, 0.15) is 18.1 Å². The minimum Gasteiger partial charge on any atom is -0.492 e. The first kappa shape index (κ1) is 18.7. The molecule has 148 valence electrons. The molecular weight excluding hydrogens is 366 g/mol. The van der Waals surface area contributed by atoms with Gasteiger partial charge in [0.25, 0.3) is 5.91 Å². The number of anilines is 2. The number of aryl methyl sites for hydroxylation is 1. The molecule has 1 amide bonds. The van der Waals surface area contributed by atoms with Crippen molar-refractivity contribution in [3.05, 3.63) is 77.3 Å². The molecule has 2 aromatic carbocycles. The van der Waals surface area contributed by atoms with Gasteiger partial charge >= 0.3 is 0 Å². The second kappa shape index (κ2) is 7.79. The molecule has 0 saturated heterocycles. The Kier molecular flexibility index (Phi) is 5.03. The maximum Gasteiger partial charge on any atom is 0.255 e. The third-order valence-corrected chi connectivity index (χ3v) is 4.87. The van der Waals surface area contributed by atoms with Gasteiger partial charge in [-0.25, -0.2) is 4.68 Å². The van der Waals surface area contributed by atoms with E-state index in [4.69, 9.17) is 4.74 Å². The lowest BCUT2D eigenvalue weighted by molar-refractivity contribution is -0.113. The first-order valence-electron chi connectivity index (χ1n) is 9.55. The Hall–Kier alpha value is -3.61. The van der Waals surface area contributed by atoms with Crippen molar-refractivity contribution in [1.82, 2.24) is 14.8 Å². The van der Waals surface area contributed by atoms with Crippen molar-refractivity contribution in [2.45, 2.75) is 26.8 Å². The Labute approximate surface area is 169 Å². The van der Waals surface area contributed by atoms with Crippen LogP contribution >= 0.6 is 0 Å². The Morgan fingerprint density at radius 2 is 1.93 bits per heavy atom. The predicted molar refractivity (Wildman–Crippen MR) is 112 cm³/mol. The number of carbonyl (C=O) groups excluding carboxylic acids is 1. The number of nitrogens with one attached hydrogen (secondary N) is 2. The van der Waals surface area contributed by atoms with E-state index in [1.165, 1.54) is 6.33 Å². The zero-order valence-electron chi connectivity index (χ0n) is 16.6. The van der Waals surface area contributed by atoms with E-state index in [9.17, 15) is 4.79 Å². The molecule has 7 heteroatoms. The highest BCUT2D eigenvalue weighted by molar-refractivity contribution is 6.06. The quantitative estimate of drug-likeness (QED) is 0.691. The molecule has 1 aliphatic rings. The first-order valence-corrected chi connectivity index (χ1v) is 9.55. The largest absolute Gasteiger partial charge is 0.492 e. The van der Waals surface area contributed by atoms with Gasteiger partial charge in [-0.1, -0.05) is 42.0 Å². The normalized spacial score (nSPS) is 15.5. The van der Waals surface area contributed by atoms with E-state index in [0.29, 0.717) is 29.6 Å². The molecule has 1 aromatic heterocycles. The summed E-state index contributed by atoms with van der Waals surface area (Å²) >= 11 is 0. The van der Waals surface area contributed by atoms with Crippen LogP contribution in [0.15, 0.2) is 66.1 Å². The maximum atomic E-state index is 13.4. The van der Waals surface area contributed by atoms with Crippen LogP contribution in [0.1, 0.15) is 31.0 Å². The van der Waals surface area contributed by atoms with Crippen LogP contribution in [0.4, 0.5) is 11.6 Å². The van der Waals surface area contributed by atoms with E-state index in [2.05, 4.69) is 20.7 Å². The van der Waals surface area contributed by atoms with E-state index in [1.54, 1.807) is 4.68 Å². The number of carbonyl (C=O) groups is 1. The summed E-state index contributed by atoms with van der Waals surface area (Å²) in [7, 11) is 0. The van der Waals surface area contributed by atoms with Gasteiger partial charge in [0.15, 0.2) is 0 Å². The molecule has 0 bridgehead atoms. The van der Waals surface area contributed by atoms with Crippen LogP contribution in [-0.2, 0) is 4.79 Å². The van der Waals surface area contributed by atoms with E-state index in [1.807, 2.05) is 69.3 Å². The molecule has 2 N–H and O–H groups in total. The average molecular weight is 389 g/mol. The molecule has 0 spiro atoms. The van der Waals surface area contributed by atoms with Gasteiger partial charge in [0, 0.05) is 5.70 Å². The highest BCUT2D eigenvalue weighted by atomic mass is 16.5. The van der Waals surface area contributed by atoms with Crippen LogP contribution in [0.5, 0.6) is 5.75 Å². The van der Waals surface area contributed by atoms with Gasteiger partial charge in [-0.15, -0.1) is 0 Å². The lowest BCUT2D eigenvalue weighted by atomic mass is 9.94. The second-order valence-corrected chi connectivity index (χ2v) is 6.89. The number of allylic oxidation sites excluding steroid dienone is 1. The number of amides is 1. The van der Waals surface area contributed by atoms with Gasteiger partial charge < -0.3 is 15.4 Å². The number of ether oxygens (including phenoxy) is 1. The fraction of sp³-hybridized carbons (Fsp3) is 0.227. The van der Waals surface area contributed by atoms with E-state index < -0.39 is 0 Å². The van der Waals surface area contributed by atoms with Crippen LogP contribution in [0, 0.1) is 6.92 Å². The topological polar surface area (TPSA) is 81.1 Å². The third-order valence-electron chi connectivity index (χ3n) is 4.87. The average Bonchev–Trinajstić information content (AvgIpc) is 3.17. The van der Waals surface area contributed by atoms with Crippen LogP contribution < -0.4 is 15.4 Å². The summed E-state index contributed by atoms with van der Waals surface area (Å²) < 4.78 is 7.38. The number of fused-ring (bicyclic) bond motifs is 1. The van der Waals surface area contributed by atoms with Crippen molar-refractivity contribution >= 4 is 17.5 Å². The number of hydrogen-bond acceptors (Lipinski definition) is 5. The molecule has 0 fully saturated rings. The second-order valence-electron chi connectivity index (χ2n) is 6.89. The molecule has 1 aliphatic heterocycles. The lowest BCUT2D eigenvalue weighted by Crippen LogP contribution is -2.31. The fourth-order valence-electron chi connectivity index (χ4n) is 3.48. The fourth-order valence-corrected chi connectivity index (χ4v) is 3.48. The van der Waals surface area contributed by atoms with Crippen molar-refractivity contribution in [2.24, 2.45) is 0 Å². The van der Waals surface area contributed by atoms with E-state index in [-0.39, 0.29) is 11.9 Å². The molecule has 2 heterocycles. The maximum absolute atomic E-state index is 13.4. The predicted octanol–water partition coefficient (Wildman–Crippen LogP) is 3.91. The molecule has 0 unspecified atom stereocenters. The molecule has 29 heavy (non-hydrogen) atoms. The molecule has 3 aromatic rings. The zero-order valence-corrected chi connectivity index (χ0v) is 16.6. The molecule has 0 saturated carbocycles. The summed E-state index contributed by atoms with van der Waals surface area (Å²) in [5, 5.41) is 10.6. The van der Waals surface area contributed by atoms with Crippen LogP contribution in [0.25, 0.3) is 0 Å². The van der Waals surface area contributed by atoms with Crippen molar-refractivity contribution in [3.63, 3.8) is 0 Å². The minimum absolute atomic E-state index is 0.214. The van der Waals surface area contributed by atoms with Gasteiger partial charge in [0.2, 0.25) is 5.95 Å². The van der Waals surface area contributed by atoms with Gasteiger partial charge in [0.05, 0.1) is 17.9 Å². The number of nitrogens with zero attached hydrogens (tertiary/aromatic N) is 3. The van der Waals surface area contributed by atoms with Crippen molar-refractivity contribution in [1.29, 1.82) is 0 Å². The summed E-state index contributed by atoms with van der Waals surface area (Å²) in [6.07, 6.45) is 1.49. The summed E-state index contributed by atoms with van der Waals surface area (Å²) in [4.78, 5) is 17.7. The van der Waals surface area contributed by atoms with Crippen LogP contribution in [-0.4, -0.2) is 27.3 Å². The minimum atomic E-state index is -0.381. The Morgan fingerprint density at radius 3 is 2.69 bits per heavy atom. The smallest absolute Gasteiger partial charge is 0.255 e. The number of benzene rings is 2. The van der Waals surface area contributed by atoms with E-state index in [0.717, 1.165) is 16.8 Å². The van der Waals surface area contributed by atoms with Gasteiger partial charge in [-0.05, 0) is 38.5 Å². The summed E-state index contributed by atoms with van der Waals surface area (Å²) in [6.45, 7) is 6.34. The molecular formula is C22H23N5O2. The molecule has 0 aliphatic carbocycles. The number of hydrogen-bond donors (Lipinski definition) is 2. The standard InChI is InChI=1S/C22H23N5O2/c1-4-29-18-8-6-5-7-17(18)26-21(28)19-15(3)25-22-23-13-24-27(22)20(19)16-11-9-14(2)10-12-16/h5-13,20H,4H2,1-3H3,(H,26,28)(H,23,24,25)/t20-/m0/s1. The Morgan fingerprint density at radius 1 is 1.17 bits per heavy atom. The van der Waals surface area contributed by atoms with E-state index >= 15 is 0 Å².